The Balaban J connectivity index is 2.65. The fraction of sp³-hybridized carbons (Fsp3) is 0.455. The molecule has 0 spiro atoms. The summed E-state index contributed by atoms with van der Waals surface area (Å²) in [5.74, 6) is 1.19. The average Bonchev–Trinajstić information content (AvgIpc) is 2.24. The normalized spacial score (nSPS) is 11.1. The maximum Gasteiger partial charge on any atom is 0.0595 e. The number of hydrogen-bond acceptors (Lipinski definition) is 1. The van der Waals surface area contributed by atoms with E-state index in [1.54, 1.807) is 6.07 Å². The molecule has 1 aromatic carbocycles. The predicted molar refractivity (Wildman–Crippen MR) is 73.2 cm³/mol. The van der Waals surface area contributed by atoms with Crippen LogP contribution in [0.5, 0.6) is 0 Å². The van der Waals surface area contributed by atoms with Gasteiger partial charge in [-0.3, -0.25) is 4.90 Å². The summed E-state index contributed by atoms with van der Waals surface area (Å²) >= 11 is 23.2. The van der Waals surface area contributed by atoms with Crippen LogP contribution in [0.1, 0.15) is 5.56 Å². The van der Waals surface area contributed by atoms with Crippen LogP contribution in [0.2, 0.25) is 10.0 Å². The molecule has 0 unspecified atom stereocenters. The quantitative estimate of drug-likeness (QED) is 0.709. The van der Waals surface area contributed by atoms with Gasteiger partial charge in [-0.25, -0.2) is 0 Å². The minimum Gasteiger partial charge on any atom is -0.297 e. The fourth-order valence-corrected chi connectivity index (χ4v) is 2.20. The summed E-state index contributed by atoms with van der Waals surface area (Å²) in [6.45, 7) is 2.42. The molecule has 0 radical (unpaired) electrons. The molecule has 0 heterocycles. The van der Waals surface area contributed by atoms with Crippen LogP contribution in [0.15, 0.2) is 18.2 Å². The van der Waals surface area contributed by atoms with Crippen molar-refractivity contribution in [1.29, 1.82) is 0 Å². The summed E-state index contributed by atoms with van der Waals surface area (Å²) in [5.41, 5.74) is 1.12. The molecule has 1 nitrogen and oxygen atoms in total. The third kappa shape index (κ3) is 4.68. The molecule has 0 aliphatic rings. The highest BCUT2D eigenvalue weighted by Crippen LogP contribution is 2.23. The van der Waals surface area contributed by atoms with Crippen molar-refractivity contribution in [2.24, 2.45) is 0 Å². The molecule has 1 aromatic rings. The molecule has 0 aromatic heterocycles. The van der Waals surface area contributed by atoms with Crippen LogP contribution in [0.25, 0.3) is 0 Å². The van der Waals surface area contributed by atoms with E-state index in [0.717, 1.165) is 25.2 Å². The van der Waals surface area contributed by atoms with Gasteiger partial charge in [-0.15, -0.1) is 23.2 Å². The van der Waals surface area contributed by atoms with Crippen molar-refractivity contribution in [3.05, 3.63) is 33.8 Å². The third-order valence-corrected chi connectivity index (χ3v) is 3.27. The lowest BCUT2D eigenvalue weighted by molar-refractivity contribution is 0.299. The Labute approximate surface area is 116 Å². The summed E-state index contributed by atoms with van der Waals surface area (Å²) in [5, 5.41) is 1.16. The Morgan fingerprint density at radius 1 is 0.938 bits per heavy atom. The SMILES string of the molecule is ClCCN(CCCl)Cc1ccc(Cl)c(Cl)c1. The maximum absolute atomic E-state index is 5.95. The molecule has 1 rings (SSSR count). The number of rotatable bonds is 6. The van der Waals surface area contributed by atoms with E-state index in [4.69, 9.17) is 46.4 Å². The van der Waals surface area contributed by atoms with Gasteiger partial charge < -0.3 is 0 Å². The van der Waals surface area contributed by atoms with Gasteiger partial charge in [0.1, 0.15) is 0 Å². The Bertz CT molecular complexity index is 324. The largest absolute Gasteiger partial charge is 0.297 e. The van der Waals surface area contributed by atoms with E-state index in [0.29, 0.717) is 21.8 Å². The first kappa shape index (κ1) is 14.4. The molecule has 90 valence electrons. The van der Waals surface area contributed by atoms with Crippen LogP contribution >= 0.6 is 46.4 Å². The molecule has 0 aliphatic heterocycles. The van der Waals surface area contributed by atoms with Gasteiger partial charge in [-0.1, -0.05) is 29.3 Å². The van der Waals surface area contributed by atoms with Gasteiger partial charge in [0.25, 0.3) is 0 Å². The zero-order valence-electron chi connectivity index (χ0n) is 8.73. The van der Waals surface area contributed by atoms with Crippen molar-refractivity contribution >= 4 is 46.4 Å². The van der Waals surface area contributed by atoms with Crippen LogP contribution in [-0.4, -0.2) is 29.7 Å². The van der Waals surface area contributed by atoms with E-state index < -0.39 is 0 Å². The number of hydrogen-bond donors (Lipinski definition) is 0. The van der Waals surface area contributed by atoms with E-state index in [1.807, 2.05) is 12.1 Å². The van der Waals surface area contributed by atoms with Crippen LogP contribution in [-0.2, 0) is 6.54 Å². The molecule has 0 saturated carbocycles. The lowest BCUT2D eigenvalue weighted by atomic mass is 10.2. The first-order valence-corrected chi connectivity index (χ1v) is 6.78. The second-order valence-corrected chi connectivity index (χ2v) is 4.97. The molecular formula is C11H13Cl4N. The average molecular weight is 301 g/mol. The third-order valence-electron chi connectivity index (χ3n) is 2.19. The fourth-order valence-electron chi connectivity index (χ4n) is 1.41. The number of alkyl halides is 2. The highest BCUT2D eigenvalue weighted by molar-refractivity contribution is 6.42. The van der Waals surface area contributed by atoms with Gasteiger partial charge in [-0.2, -0.15) is 0 Å². The first-order valence-electron chi connectivity index (χ1n) is 4.95. The van der Waals surface area contributed by atoms with E-state index >= 15 is 0 Å². The van der Waals surface area contributed by atoms with Crippen molar-refractivity contribution in [2.45, 2.75) is 6.54 Å². The van der Waals surface area contributed by atoms with Crippen molar-refractivity contribution < 1.29 is 0 Å². The second kappa shape index (κ2) is 7.62. The minimum absolute atomic E-state index is 0.576. The molecule has 0 saturated heterocycles. The summed E-state index contributed by atoms with van der Waals surface area (Å²) in [6, 6.07) is 5.64. The highest BCUT2D eigenvalue weighted by Gasteiger charge is 2.06. The second-order valence-electron chi connectivity index (χ2n) is 3.40. The van der Waals surface area contributed by atoms with Gasteiger partial charge >= 0.3 is 0 Å². The van der Waals surface area contributed by atoms with Gasteiger partial charge in [0.05, 0.1) is 10.0 Å². The van der Waals surface area contributed by atoms with Crippen molar-refractivity contribution in [2.75, 3.05) is 24.8 Å². The number of benzene rings is 1. The molecule has 0 bridgehead atoms. The summed E-state index contributed by atoms with van der Waals surface area (Å²) in [7, 11) is 0. The van der Waals surface area contributed by atoms with Crippen LogP contribution in [0.3, 0.4) is 0 Å². The lowest BCUT2D eigenvalue weighted by Gasteiger charge is -2.20. The standard InChI is InChI=1S/C11H13Cl4N/c12-3-5-16(6-4-13)8-9-1-2-10(14)11(15)7-9/h1-2,7H,3-6,8H2. The van der Waals surface area contributed by atoms with E-state index in [9.17, 15) is 0 Å². The van der Waals surface area contributed by atoms with Crippen LogP contribution in [0, 0.1) is 0 Å². The maximum atomic E-state index is 5.95. The van der Waals surface area contributed by atoms with Crippen LogP contribution < -0.4 is 0 Å². The molecule has 5 heteroatoms. The van der Waals surface area contributed by atoms with Gasteiger partial charge in [0.15, 0.2) is 0 Å². The number of nitrogens with zero attached hydrogens (tertiary/aromatic N) is 1. The molecular weight excluding hydrogens is 288 g/mol. The molecule has 0 aliphatic carbocycles. The first-order chi connectivity index (χ1) is 7.67. The predicted octanol–water partition coefficient (Wildman–Crippen LogP) is 4.27. The lowest BCUT2D eigenvalue weighted by Crippen LogP contribution is -2.27. The minimum atomic E-state index is 0.576. The van der Waals surface area contributed by atoms with Crippen molar-refractivity contribution in [1.82, 2.24) is 4.90 Å². The number of halogens is 4. The molecule has 0 atom stereocenters. The Morgan fingerprint density at radius 3 is 2.06 bits per heavy atom. The Hall–Kier alpha value is 0.340. The van der Waals surface area contributed by atoms with E-state index in [1.165, 1.54) is 0 Å². The Morgan fingerprint density at radius 2 is 1.56 bits per heavy atom. The monoisotopic (exact) mass is 299 g/mol. The smallest absolute Gasteiger partial charge is 0.0595 e. The summed E-state index contributed by atoms with van der Waals surface area (Å²) < 4.78 is 0. The highest BCUT2D eigenvalue weighted by atomic mass is 35.5. The van der Waals surface area contributed by atoms with Gasteiger partial charge in [0.2, 0.25) is 0 Å². The summed E-state index contributed by atoms with van der Waals surface area (Å²) in [4.78, 5) is 2.18. The summed E-state index contributed by atoms with van der Waals surface area (Å²) in [6.07, 6.45) is 0. The topological polar surface area (TPSA) is 3.24 Å². The molecule has 0 N–H and O–H groups in total. The Kier molecular flexibility index (Phi) is 6.86. The molecule has 0 fully saturated rings. The zero-order chi connectivity index (χ0) is 12.0. The van der Waals surface area contributed by atoms with Crippen molar-refractivity contribution in [3.8, 4) is 0 Å². The molecule has 16 heavy (non-hydrogen) atoms. The van der Waals surface area contributed by atoms with Crippen molar-refractivity contribution in [3.63, 3.8) is 0 Å². The van der Waals surface area contributed by atoms with Gasteiger partial charge in [0, 0.05) is 31.4 Å². The molecule has 0 amide bonds. The van der Waals surface area contributed by atoms with Gasteiger partial charge in [-0.05, 0) is 17.7 Å². The van der Waals surface area contributed by atoms with Crippen LogP contribution in [0.4, 0.5) is 0 Å². The van der Waals surface area contributed by atoms with E-state index in [2.05, 4.69) is 4.90 Å². The van der Waals surface area contributed by atoms with E-state index in [-0.39, 0.29) is 0 Å². The zero-order valence-corrected chi connectivity index (χ0v) is 11.8.